The van der Waals surface area contributed by atoms with Crippen molar-refractivity contribution in [1.29, 1.82) is 0 Å². The first-order chi connectivity index (χ1) is 6.04. The summed E-state index contributed by atoms with van der Waals surface area (Å²) in [4.78, 5) is 10.7. The van der Waals surface area contributed by atoms with Crippen LogP contribution in [0.5, 0.6) is 0 Å². The van der Waals surface area contributed by atoms with Crippen LogP contribution in [0.15, 0.2) is 0 Å². The van der Waals surface area contributed by atoms with Gasteiger partial charge >= 0.3 is 18.3 Å². The summed E-state index contributed by atoms with van der Waals surface area (Å²) in [6.07, 6.45) is -5.45. The first-order valence-electron chi connectivity index (χ1n) is 3.92. The number of hydrogen-bond acceptors (Lipinski definition) is 2. The Morgan fingerprint density at radius 2 is 1.71 bits per heavy atom. The normalized spacial score (nSPS) is 13.1. The maximum atomic E-state index is 12.3. The number of alkyl halides is 4. The Morgan fingerprint density at radius 3 is 2.00 bits per heavy atom. The summed E-state index contributed by atoms with van der Waals surface area (Å²) < 4.78 is 52.4. The Balaban J connectivity index is 4.20. The van der Waals surface area contributed by atoms with E-state index in [9.17, 15) is 22.4 Å². The summed E-state index contributed by atoms with van der Waals surface area (Å²) >= 11 is 0. The van der Waals surface area contributed by atoms with E-state index in [0.29, 0.717) is 0 Å². The first-order valence-corrected chi connectivity index (χ1v) is 3.92. The van der Waals surface area contributed by atoms with Gasteiger partial charge in [0.05, 0.1) is 0 Å². The molecule has 0 aromatic heterocycles. The third kappa shape index (κ3) is 5.04. The smallest absolute Gasteiger partial charge is 0.317 e. The Labute approximate surface area is 79.2 Å². The van der Waals surface area contributed by atoms with Gasteiger partial charge in [0.2, 0.25) is 0 Å². The van der Waals surface area contributed by atoms with Gasteiger partial charge in [0.25, 0.3) is 0 Å². The van der Waals surface area contributed by atoms with Gasteiger partial charge in [-0.15, -0.1) is 0 Å². The van der Waals surface area contributed by atoms with Crippen molar-refractivity contribution in [3.05, 3.63) is 0 Å². The average Bonchev–Trinajstić information content (AvgIpc) is 1.79. The van der Waals surface area contributed by atoms with E-state index in [-0.39, 0.29) is 0 Å². The van der Waals surface area contributed by atoms with Crippen molar-refractivity contribution in [3.63, 3.8) is 0 Å². The fourth-order valence-corrected chi connectivity index (χ4v) is 0.647. The van der Waals surface area contributed by atoms with Gasteiger partial charge in [-0.2, -0.15) is 8.78 Å². The minimum absolute atomic E-state index is 0.949. The molecule has 0 rings (SSSR count). The van der Waals surface area contributed by atoms with E-state index in [2.05, 4.69) is 4.74 Å². The second-order valence-electron chi connectivity index (χ2n) is 3.82. The van der Waals surface area contributed by atoms with Crippen molar-refractivity contribution in [3.8, 4) is 0 Å². The van der Waals surface area contributed by atoms with Crippen molar-refractivity contribution < 1.29 is 27.1 Å². The van der Waals surface area contributed by atoms with E-state index in [1.54, 1.807) is 0 Å². The molecule has 14 heavy (non-hydrogen) atoms. The molecule has 0 radical (unpaired) electrons. The molecule has 0 N–H and O–H groups in total. The third-order valence-electron chi connectivity index (χ3n) is 1.12. The van der Waals surface area contributed by atoms with Gasteiger partial charge in [-0.05, 0) is 20.8 Å². The number of carbonyl (C=O) groups excluding carboxylic acids is 1. The molecule has 0 bridgehead atoms. The van der Waals surface area contributed by atoms with E-state index in [4.69, 9.17) is 0 Å². The summed E-state index contributed by atoms with van der Waals surface area (Å²) in [5.74, 6) is -5.65. The van der Waals surface area contributed by atoms with Crippen molar-refractivity contribution in [2.75, 3.05) is 0 Å². The molecular formula is C8H12F4O2. The van der Waals surface area contributed by atoms with Crippen LogP contribution in [0.1, 0.15) is 27.2 Å². The molecule has 0 atom stereocenters. The van der Waals surface area contributed by atoms with Crippen LogP contribution in [-0.4, -0.2) is 23.9 Å². The predicted octanol–water partition coefficient (Wildman–Crippen LogP) is 2.62. The average molecular weight is 216 g/mol. The lowest BCUT2D eigenvalue weighted by atomic mass is 10.2. The molecule has 0 aromatic carbocycles. The van der Waals surface area contributed by atoms with Crippen LogP contribution in [0.2, 0.25) is 0 Å². The summed E-state index contributed by atoms with van der Waals surface area (Å²) in [5, 5.41) is 0. The maximum absolute atomic E-state index is 12.3. The highest BCUT2D eigenvalue weighted by Gasteiger charge is 2.43. The summed E-state index contributed by atoms with van der Waals surface area (Å²) in [5.41, 5.74) is -0.949. The molecule has 0 fully saturated rings. The van der Waals surface area contributed by atoms with Gasteiger partial charge in [0.15, 0.2) is 0 Å². The molecule has 0 spiro atoms. The molecule has 84 valence electrons. The minimum atomic E-state index is -4.32. The van der Waals surface area contributed by atoms with Crippen molar-refractivity contribution >= 4 is 5.97 Å². The van der Waals surface area contributed by atoms with E-state index in [1.165, 1.54) is 20.8 Å². The molecule has 0 saturated heterocycles. The topological polar surface area (TPSA) is 26.3 Å². The highest BCUT2D eigenvalue weighted by molar-refractivity contribution is 5.70. The molecule has 6 heteroatoms. The van der Waals surface area contributed by atoms with Gasteiger partial charge in [-0.1, -0.05) is 0 Å². The molecule has 0 heterocycles. The molecule has 2 nitrogen and oxygen atoms in total. The highest BCUT2D eigenvalue weighted by Crippen LogP contribution is 2.27. The molecular weight excluding hydrogens is 204 g/mol. The number of ether oxygens (including phenoxy) is 1. The number of carbonyl (C=O) groups is 1. The largest absolute Gasteiger partial charge is 0.460 e. The Kier molecular flexibility index (Phi) is 3.91. The quantitative estimate of drug-likeness (QED) is 0.535. The van der Waals surface area contributed by atoms with Crippen LogP contribution in [0.4, 0.5) is 17.6 Å². The van der Waals surface area contributed by atoms with Crippen molar-refractivity contribution in [2.45, 2.75) is 45.1 Å². The first kappa shape index (κ1) is 13.2. The Morgan fingerprint density at radius 1 is 1.29 bits per heavy atom. The lowest BCUT2D eigenvalue weighted by Gasteiger charge is -2.21. The molecule has 0 aliphatic carbocycles. The molecule has 0 aliphatic heterocycles. The Bertz CT molecular complexity index is 208. The van der Waals surface area contributed by atoms with Crippen LogP contribution in [-0.2, 0) is 9.53 Å². The van der Waals surface area contributed by atoms with Crippen LogP contribution in [0.25, 0.3) is 0 Å². The standard InChI is InChI=1S/C8H12F4O2/c1-7(2,3)14-5(13)4-8(11,12)6(9)10/h6H,4H2,1-3H3. The van der Waals surface area contributed by atoms with Gasteiger partial charge < -0.3 is 4.74 Å². The van der Waals surface area contributed by atoms with Crippen molar-refractivity contribution in [2.24, 2.45) is 0 Å². The zero-order valence-electron chi connectivity index (χ0n) is 8.11. The zero-order chi connectivity index (χ0) is 11.6. The highest BCUT2D eigenvalue weighted by atomic mass is 19.3. The second kappa shape index (κ2) is 4.14. The van der Waals surface area contributed by atoms with Gasteiger partial charge in [-0.25, -0.2) is 8.78 Å². The Hall–Kier alpha value is -0.810. The summed E-state index contributed by atoms with van der Waals surface area (Å²) in [6, 6.07) is 0. The summed E-state index contributed by atoms with van der Waals surface area (Å²) in [7, 11) is 0. The van der Waals surface area contributed by atoms with E-state index >= 15 is 0 Å². The van der Waals surface area contributed by atoms with E-state index in [1.807, 2.05) is 0 Å². The van der Waals surface area contributed by atoms with Gasteiger partial charge in [0.1, 0.15) is 12.0 Å². The predicted molar refractivity (Wildman–Crippen MR) is 41.4 cm³/mol. The minimum Gasteiger partial charge on any atom is -0.460 e. The van der Waals surface area contributed by atoms with Crippen LogP contribution >= 0.6 is 0 Å². The lowest BCUT2D eigenvalue weighted by Crippen LogP contribution is -2.33. The lowest BCUT2D eigenvalue weighted by molar-refractivity contribution is -0.176. The van der Waals surface area contributed by atoms with E-state index < -0.39 is 30.3 Å². The molecule has 0 saturated carbocycles. The van der Waals surface area contributed by atoms with Gasteiger partial charge in [-0.3, -0.25) is 4.79 Å². The molecule has 0 amide bonds. The van der Waals surface area contributed by atoms with Crippen LogP contribution < -0.4 is 0 Å². The molecule has 0 aliphatic rings. The van der Waals surface area contributed by atoms with Crippen LogP contribution in [0, 0.1) is 0 Å². The SMILES string of the molecule is CC(C)(C)OC(=O)CC(F)(F)C(F)F. The van der Waals surface area contributed by atoms with Crippen LogP contribution in [0.3, 0.4) is 0 Å². The molecule has 0 unspecified atom stereocenters. The number of rotatable bonds is 3. The van der Waals surface area contributed by atoms with Gasteiger partial charge in [0, 0.05) is 0 Å². The van der Waals surface area contributed by atoms with E-state index in [0.717, 1.165) is 0 Å². The monoisotopic (exact) mass is 216 g/mol. The number of halogens is 4. The molecule has 0 aromatic rings. The fourth-order valence-electron chi connectivity index (χ4n) is 0.647. The summed E-state index contributed by atoms with van der Waals surface area (Å²) in [6.45, 7) is 4.39. The third-order valence-corrected chi connectivity index (χ3v) is 1.12. The number of esters is 1. The van der Waals surface area contributed by atoms with Crippen molar-refractivity contribution in [1.82, 2.24) is 0 Å². The number of hydrogen-bond donors (Lipinski definition) is 0. The fraction of sp³-hybridized carbons (Fsp3) is 0.875. The second-order valence-corrected chi connectivity index (χ2v) is 3.82. The zero-order valence-corrected chi connectivity index (χ0v) is 8.11. The maximum Gasteiger partial charge on any atom is 0.317 e.